The van der Waals surface area contributed by atoms with Gasteiger partial charge in [0.1, 0.15) is 0 Å². The molecule has 0 fully saturated rings. The van der Waals surface area contributed by atoms with Crippen LogP contribution in [0.2, 0.25) is 0 Å². The van der Waals surface area contributed by atoms with Crippen LogP contribution in [0.5, 0.6) is 0 Å². The van der Waals surface area contributed by atoms with Crippen LogP contribution in [0.25, 0.3) is 0 Å². The summed E-state index contributed by atoms with van der Waals surface area (Å²) >= 11 is 3.38. The van der Waals surface area contributed by atoms with E-state index in [9.17, 15) is 10.1 Å². The average Bonchev–Trinajstić information content (AvgIpc) is 2.78. The normalized spacial score (nSPS) is 12.2. The van der Waals surface area contributed by atoms with Crippen LogP contribution in [-0.2, 0) is 7.05 Å². The monoisotopic (exact) mass is 324 g/mol. The summed E-state index contributed by atoms with van der Waals surface area (Å²) in [5.41, 5.74) is 1.74. The molecule has 0 saturated heterocycles. The first-order valence-electron chi connectivity index (χ1n) is 5.67. The minimum Gasteiger partial charge on any atom is -0.376 e. The van der Waals surface area contributed by atoms with Crippen molar-refractivity contribution < 1.29 is 4.92 Å². The molecule has 0 aliphatic rings. The lowest BCUT2D eigenvalue weighted by atomic mass is 10.2. The molecule has 0 radical (unpaired) electrons. The van der Waals surface area contributed by atoms with Crippen LogP contribution in [0, 0.1) is 10.1 Å². The molecule has 7 heteroatoms. The zero-order chi connectivity index (χ0) is 14.0. The number of aryl methyl sites for hydroxylation is 1. The Morgan fingerprint density at radius 1 is 1.47 bits per heavy atom. The van der Waals surface area contributed by atoms with Gasteiger partial charge in [-0.1, -0.05) is 0 Å². The molecule has 100 valence electrons. The fourth-order valence-corrected chi connectivity index (χ4v) is 2.21. The molecule has 2 rings (SSSR count). The number of benzene rings is 1. The molecular weight excluding hydrogens is 312 g/mol. The number of rotatable bonds is 4. The molecule has 0 amide bonds. The predicted octanol–water partition coefficient (Wildman–Crippen LogP) is 3.26. The first kappa shape index (κ1) is 13.5. The molecule has 2 aromatic rings. The highest BCUT2D eigenvalue weighted by Gasteiger charge is 2.14. The zero-order valence-corrected chi connectivity index (χ0v) is 12.1. The van der Waals surface area contributed by atoms with Crippen molar-refractivity contribution in [1.29, 1.82) is 0 Å². The van der Waals surface area contributed by atoms with Gasteiger partial charge in [-0.3, -0.25) is 14.8 Å². The quantitative estimate of drug-likeness (QED) is 0.692. The van der Waals surface area contributed by atoms with Crippen molar-refractivity contribution in [3.63, 3.8) is 0 Å². The fourth-order valence-electron chi connectivity index (χ4n) is 1.85. The second-order valence-electron chi connectivity index (χ2n) is 4.17. The zero-order valence-electron chi connectivity index (χ0n) is 10.5. The topological polar surface area (TPSA) is 73.0 Å². The maximum atomic E-state index is 10.8. The first-order chi connectivity index (χ1) is 8.99. The number of non-ortho nitro benzene ring substituents is 1. The van der Waals surface area contributed by atoms with Gasteiger partial charge in [0.2, 0.25) is 0 Å². The SMILES string of the molecule is CC(Nc1cc([N+](=O)[O-])ccc1Br)c1ccnn1C. The molecule has 0 bridgehead atoms. The predicted molar refractivity (Wildman–Crippen MR) is 76.0 cm³/mol. The van der Waals surface area contributed by atoms with Gasteiger partial charge in [-0.15, -0.1) is 0 Å². The van der Waals surface area contributed by atoms with E-state index >= 15 is 0 Å². The van der Waals surface area contributed by atoms with Crippen LogP contribution in [0.15, 0.2) is 34.9 Å². The van der Waals surface area contributed by atoms with Crippen molar-refractivity contribution in [2.75, 3.05) is 5.32 Å². The molecule has 0 spiro atoms. The molecule has 1 aromatic heterocycles. The lowest BCUT2D eigenvalue weighted by Gasteiger charge is -2.16. The average molecular weight is 325 g/mol. The highest BCUT2D eigenvalue weighted by molar-refractivity contribution is 9.10. The summed E-state index contributed by atoms with van der Waals surface area (Å²) in [6, 6.07) is 6.53. The van der Waals surface area contributed by atoms with Crippen LogP contribution in [0.1, 0.15) is 18.7 Å². The Morgan fingerprint density at radius 2 is 2.21 bits per heavy atom. The number of nitro benzene ring substituents is 1. The number of halogens is 1. The highest BCUT2D eigenvalue weighted by Crippen LogP contribution is 2.30. The summed E-state index contributed by atoms with van der Waals surface area (Å²) in [4.78, 5) is 10.4. The number of nitrogens with one attached hydrogen (secondary N) is 1. The van der Waals surface area contributed by atoms with Crippen molar-refractivity contribution in [2.24, 2.45) is 7.05 Å². The van der Waals surface area contributed by atoms with E-state index in [4.69, 9.17) is 0 Å². The third kappa shape index (κ3) is 2.93. The number of hydrogen-bond donors (Lipinski definition) is 1. The molecule has 1 aromatic carbocycles. The van der Waals surface area contributed by atoms with E-state index < -0.39 is 4.92 Å². The second-order valence-corrected chi connectivity index (χ2v) is 5.02. The summed E-state index contributed by atoms with van der Waals surface area (Å²) in [6.45, 7) is 1.97. The second kappa shape index (κ2) is 5.40. The minimum atomic E-state index is -0.410. The highest BCUT2D eigenvalue weighted by atomic mass is 79.9. The molecule has 1 unspecified atom stereocenters. The fraction of sp³-hybridized carbons (Fsp3) is 0.250. The van der Waals surface area contributed by atoms with Gasteiger partial charge in [0.15, 0.2) is 0 Å². The molecule has 19 heavy (non-hydrogen) atoms. The van der Waals surface area contributed by atoms with Crippen molar-refractivity contribution in [3.05, 3.63) is 50.7 Å². The number of nitro groups is 1. The van der Waals surface area contributed by atoms with E-state index in [1.54, 1.807) is 16.9 Å². The summed E-state index contributed by atoms with van der Waals surface area (Å²) < 4.78 is 2.55. The maximum Gasteiger partial charge on any atom is 0.271 e. The Bertz CT molecular complexity index is 612. The molecule has 1 heterocycles. The van der Waals surface area contributed by atoms with E-state index in [1.165, 1.54) is 12.1 Å². The Hall–Kier alpha value is -1.89. The number of hydrogen-bond acceptors (Lipinski definition) is 4. The number of aromatic nitrogens is 2. The smallest absolute Gasteiger partial charge is 0.271 e. The molecule has 0 aliphatic heterocycles. The largest absolute Gasteiger partial charge is 0.376 e. The van der Waals surface area contributed by atoms with Crippen LogP contribution >= 0.6 is 15.9 Å². The lowest BCUT2D eigenvalue weighted by molar-refractivity contribution is -0.384. The van der Waals surface area contributed by atoms with Crippen LogP contribution in [-0.4, -0.2) is 14.7 Å². The molecule has 6 nitrogen and oxygen atoms in total. The van der Waals surface area contributed by atoms with E-state index in [2.05, 4.69) is 26.3 Å². The van der Waals surface area contributed by atoms with Crippen LogP contribution in [0.3, 0.4) is 0 Å². The van der Waals surface area contributed by atoms with Gasteiger partial charge in [0.05, 0.1) is 22.3 Å². The van der Waals surface area contributed by atoms with Gasteiger partial charge in [0, 0.05) is 29.8 Å². The van der Waals surface area contributed by atoms with Gasteiger partial charge in [-0.05, 0) is 35.0 Å². The Kier molecular flexibility index (Phi) is 3.84. The third-order valence-corrected chi connectivity index (χ3v) is 3.53. The van der Waals surface area contributed by atoms with Crippen molar-refractivity contribution in [2.45, 2.75) is 13.0 Å². The number of anilines is 1. The van der Waals surface area contributed by atoms with Gasteiger partial charge in [0.25, 0.3) is 5.69 Å². The van der Waals surface area contributed by atoms with Crippen molar-refractivity contribution >= 4 is 27.3 Å². The molecule has 0 aliphatic carbocycles. The van der Waals surface area contributed by atoms with Gasteiger partial charge in [-0.2, -0.15) is 5.10 Å². The van der Waals surface area contributed by atoms with E-state index in [1.807, 2.05) is 20.0 Å². The minimum absolute atomic E-state index is 0.00851. The number of nitrogens with zero attached hydrogens (tertiary/aromatic N) is 3. The summed E-state index contributed by atoms with van der Waals surface area (Å²) in [6.07, 6.45) is 1.72. The van der Waals surface area contributed by atoms with Gasteiger partial charge < -0.3 is 5.32 Å². The standard InChI is InChI=1S/C12H13BrN4O2/c1-8(12-5-6-14-16(12)2)15-11-7-9(17(18)19)3-4-10(11)13/h3-8,15H,1-2H3. The third-order valence-electron chi connectivity index (χ3n) is 2.84. The summed E-state index contributed by atoms with van der Waals surface area (Å²) in [5, 5.41) is 18.1. The lowest BCUT2D eigenvalue weighted by Crippen LogP contribution is -2.11. The molecule has 1 atom stereocenters. The van der Waals surface area contributed by atoms with Gasteiger partial charge >= 0.3 is 0 Å². The van der Waals surface area contributed by atoms with Crippen molar-refractivity contribution in [3.8, 4) is 0 Å². The Labute approximate surface area is 118 Å². The van der Waals surface area contributed by atoms with E-state index in [0.29, 0.717) is 5.69 Å². The molecule has 0 saturated carbocycles. The molecule has 1 N–H and O–H groups in total. The summed E-state index contributed by atoms with van der Waals surface area (Å²) in [5.74, 6) is 0. The van der Waals surface area contributed by atoms with E-state index in [0.717, 1.165) is 10.2 Å². The first-order valence-corrected chi connectivity index (χ1v) is 6.46. The van der Waals surface area contributed by atoms with Gasteiger partial charge in [-0.25, -0.2) is 0 Å². The molecular formula is C12H13BrN4O2. The van der Waals surface area contributed by atoms with Crippen LogP contribution in [0.4, 0.5) is 11.4 Å². The Morgan fingerprint density at radius 3 is 2.79 bits per heavy atom. The Balaban J connectivity index is 2.26. The van der Waals surface area contributed by atoms with Crippen molar-refractivity contribution in [1.82, 2.24) is 9.78 Å². The maximum absolute atomic E-state index is 10.8. The van der Waals surface area contributed by atoms with Crippen LogP contribution < -0.4 is 5.32 Å². The van der Waals surface area contributed by atoms with E-state index in [-0.39, 0.29) is 11.7 Å². The summed E-state index contributed by atoms with van der Waals surface area (Å²) in [7, 11) is 1.86.